The molecule has 0 radical (unpaired) electrons. The van der Waals surface area contributed by atoms with Crippen LogP contribution in [0.25, 0.3) is 0 Å². The van der Waals surface area contributed by atoms with Gasteiger partial charge in [-0.15, -0.1) is 0 Å². The van der Waals surface area contributed by atoms with Crippen molar-refractivity contribution in [1.29, 1.82) is 0 Å². The predicted molar refractivity (Wildman–Crippen MR) is 149 cm³/mol. The van der Waals surface area contributed by atoms with Gasteiger partial charge in [-0.05, 0) is 61.2 Å². The largest absolute Gasteiger partial charge is 0.497 e. The van der Waals surface area contributed by atoms with Crippen molar-refractivity contribution in [2.24, 2.45) is 5.92 Å². The maximum absolute atomic E-state index is 14.2. The molecule has 1 heterocycles. The molecule has 1 aromatic heterocycles. The third-order valence-corrected chi connectivity index (χ3v) is 6.56. The molecule has 3 amide bonds. The molecule has 0 aliphatic heterocycles. The van der Waals surface area contributed by atoms with Crippen molar-refractivity contribution in [1.82, 2.24) is 14.4 Å². The normalized spacial score (nSPS) is 11.8. The van der Waals surface area contributed by atoms with Gasteiger partial charge in [-0.1, -0.05) is 32.9 Å². The van der Waals surface area contributed by atoms with Crippen LogP contribution < -0.4 is 10.1 Å². The number of amides is 3. The zero-order chi connectivity index (χ0) is 28.5. The smallest absolute Gasteiger partial charge is 0.322 e. The number of hydrogen-bond donors (Lipinski definition) is 1. The maximum Gasteiger partial charge on any atom is 0.322 e. The van der Waals surface area contributed by atoms with E-state index in [2.05, 4.69) is 9.88 Å². The molecule has 0 fully saturated rings. The number of halogens is 2. The minimum Gasteiger partial charge on any atom is -0.497 e. The van der Waals surface area contributed by atoms with E-state index in [4.69, 9.17) is 4.74 Å². The van der Waals surface area contributed by atoms with Gasteiger partial charge in [-0.3, -0.25) is 4.79 Å². The van der Waals surface area contributed by atoms with Crippen molar-refractivity contribution in [3.8, 4) is 5.75 Å². The molecule has 1 N–H and O–H groups in total. The first-order chi connectivity index (χ1) is 18.6. The Morgan fingerprint density at radius 2 is 1.82 bits per heavy atom. The van der Waals surface area contributed by atoms with Crippen molar-refractivity contribution in [3.05, 3.63) is 83.7 Å². The second-order valence-electron chi connectivity index (χ2n) is 10.1. The molecule has 0 aliphatic carbocycles. The summed E-state index contributed by atoms with van der Waals surface area (Å²) >= 11 is 0. The van der Waals surface area contributed by atoms with E-state index in [1.54, 1.807) is 12.0 Å². The first-order valence-electron chi connectivity index (χ1n) is 13.2. The second-order valence-corrected chi connectivity index (χ2v) is 10.1. The summed E-state index contributed by atoms with van der Waals surface area (Å²) in [5.74, 6) is -0.980. The quantitative estimate of drug-likeness (QED) is 0.300. The van der Waals surface area contributed by atoms with E-state index in [0.717, 1.165) is 29.5 Å². The van der Waals surface area contributed by atoms with Crippen LogP contribution in [0.4, 0.5) is 19.3 Å². The van der Waals surface area contributed by atoms with Gasteiger partial charge in [0.15, 0.2) is 0 Å². The lowest BCUT2D eigenvalue weighted by Gasteiger charge is -2.32. The number of nitrogens with zero attached hydrogens (tertiary/aromatic N) is 3. The molecule has 0 aliphatic rings. The number of hydrogen-bond acceptors (Lipinski definition) is 3. The Hall–Kier alpha value is -3.88. The summed E-state index contributed by atoms with van der Waals surface area (Å²) in [6, 6.07) is 14.0. The first kappa shape index (κ1) is 29.7. The van der Waals surface area contributed by atoms with Crippen LogP contribution in [-0.4, -0.2) is 52.5 Å². The van der Waals surface area contributed by atoms with Crippen LogP contribution in [0, 0.1) is 17.6 Å². The van der Waals surface area contributed by atoms with E-state index in [1.807, 2.05) is 70.3 Å². The number of rotatable bonds is 12. The number of benzene rings is 2. The fraction of sp³-hybridized carbons (Fsp3) is 0.400. The van der Waals surface area contributed by atoms with Gasteiger partial charge < -0.3 is 24.4 Å². The van der Waals surface area contributed by atoms with Crippen LogP contribution in [0.5, 0.6) is 5.75 Å². The Balaban J connectivity index is 1.77. The Morgan fingerprint density at radius 1 is 1.05 bits per heavy atom. The summed E-state index contributed by atoms with van der Waals surface area (Å²) in [7, 11) is 1.63. The summed E-state index contributed by atoms with van der Waals surface area (Å²) in [5.41, 5.74) is 1.89. The third-order valence-electron chi connectivity index (χ3n) is 6.56. The van der Waals surface area contributed by atoms with Gasteiger partial charge in [0, 0.05) is 37.1 Å². The molecule has 1 unspecified atom stereocenters. The number of ether oxygens (including phenoxy) is 1. The third kappa shape index (κ3) is 8.30. The number of anilines is 1. The van der Waals surface area contributed by atoms with Gasteiger partial charge >= 0.3 is 6.03 Å². The molecular weight excluding hydrogens is 502 g/mol. The Labute approximate surface area is 229 Å². The molecule has 2 aromatic carbocycles. The standard InChI is InChI=1S/C30H38F2N4O3/c1-6-22(4)36(19-25-10-8-14-34(25)18-23-9-7-11-26(15-23)39-5)29(37)20-35(17-21(2)3)30(38)33-28-13-12-24(31)16-27(28)32/h7-16,21-22H,6,17-20H2,1-5H3,(H,33,38). The molecule has 0 spiro atoms. The molecule has 1 atom stereocenters. The summed E-state index contributed by atoms with van der Waals surface area (Å²) in [6.07, 6.45) is 2.71. The van der Waals surface area contributed by atoms with Crippen molar-refractivity contribution < 1.29 is 23.1 Å². The van der Waals surface area contributed by atoms with Crippen LogP contribution in [-0.2, 0) is 17.9 Å². The molecule has 9 heteroatoms. The first-order valence-corrected chi connectivity index (χ1v) is 13.2. The molecule has 7 nitrogen and oxygen atoms in total. The second kappa shape index (κ2) is 13.8. The highest BCUT2D eigenvalue weighted by Gasteiger charge is 2.26. The van der Waals surface area contributed by atoms with Crippen molar-refractivity contribution >= 4 is 17.6 Å². The van der Waals surface area contributed by atoms with Crippen LogP contribution in [0.3, 0.4) is 0 Å². The van der Waals surface area contributed by atoms with Crippen molar-refractivity contribution in [2.45, 2.75) is 53.2 Å². The summed E-state index contributed by atoms with van der Waals surface area (Å²) in [6.45, 7) is 8.96. The summed E-state index contributed by atoms with van der Waals surface area (Å²) in [4.78, 5) is 29.9. The fourth-order valence-electron chi connectivity index (χ4n) is 4.30. The lowest BCUT2D eigenvalue weighted by atomic mass is 10.1. The van der Waals surface area contributed by atoms with Gasteiger partial charge in [0.05, 0.1) is 19.3 Å². The molecule has 3 rings (SSSR count). The lowest BCUT2D eigenvalue weighted by Crippen LogP contribution is -2.48. The van der Waals surface area contributed by atoms with Crippen LogP contribution >= 0.6 is 0 Å². The van der Waals surface area contributed by atoms with Gasteiger partial charge in [-0.2, -0.15) is 0 Å². The molecular formula is C30H38F2N4O3. The number of aromatic nitrogens is 1. The molecule has 39 heavy (non-hydrogen) atoms. The monoisotopic (exact) mass is 540 g/mol. The number of urea groups is 1. The highest BCUT2D eigenvalue weighted by molar-refractivity contribution is 5.92. The molecule has 210 valence electrons. The predicted octanol–water partition coefficient (Wildman–Crippen LogP) is 6.14. The average molecular weight is 541 g/mol. The van der Waals surface area contributed by atoms with E-state index in [1.165, 1.54) is 11.0 Å². The van der Waals surface area contributed by atoms with E-state index in [9.17, 15) is 18.4 Å². The topological polar surface area (TPSA) is 66.8 Å². The number of nitrogens with one attached hydrogen (secondary N) is 1. The maximum atomic E-state index is 14.2. The summed E-state index contributed by atoms with van der Waals surface area (Å²) < 4.78 is 34.9. The minimum absolute atomic E-state index is 0.0683. The van der Waals surface area contributed by atoms with Gasteiger partial charge in [-0.25, -0.2) is 13.6 Å². The van der Waals surface area contributed by atoms with Gasteiger partial charge in [0.25, 0.3) is 0 Å². The van der Waals surface area contributed by atoms with Crippen LogP contribution in [0.1, 0.15) is 45.4 Å². The van der Waals surface area contributed by atoms with Crippen LogP contribution in [0.2, 0.25) is 0 Å². The van der Waals surface area contributed by atoms with E-state index in [0.29, 0.717) is 25.7 Å². The van der Waals surface area contributed by atoms with E-state index in [-0.39, 0.29) is 30.1 Å². The Kier molecular flexibility index (Phi) is 10.5. The van der Waals surface area contributed by atoms with E-state index >= 15 is 0 Å². The SMILES string of the molecule is CCC(C)N(Cc1cccn1Cc1cccc(OC)c1)C(=O)CN(CC(C)C)C(=O)Nc1ccc(F)cc1F. The van der Waals surface area contributed by atoms with Crippen LogP contribution in [0.15, 0.2) is 60.8 Å². The van der Waals surface area contributed by atoms with Gasteiger partial charge in [0.2, 0.25) is 5.91 Å². The molecule has 0 saturated heterocycles. The molecule has 0 saturated carbocycles. The fourth-order valence-corrected chi connectivity index (χ4v) is 4.30. The zero-order valence-electron chi connectivity index (χ0n) is 23.3. The Morgan fingerprint density at radius 3 is 2.49 bits per heavy atom. The van der Waals surface area contributed by atoms with E-state index < -0.39 is 17.7 Å². The minimum atomic E-state index is -0.878. The number of methoxy groups -OCH3 is 1. The Bertz CT molecular complexity index is 1260. The lowest BCUT2D eigenvalue weighted by molar-refractivity contribution is -0.134. The summed E-state index contributed by atoms with van der Waals surface area (Å²) in [5, 5.41) is 2.48. The number of carbonyl (C=O) groups is 2. The average Bonchev–Trinajstić information content (AvgIpc) is 3.34. The number of carbonyl (C=O) groups excluding carboxylic acids is 2. The van der Waals surface area contributed by atoms with Crippen molar-refractivity contribution in [2.75, 3.05) is 25.5 Å². The van der Waals surface area contributed by atoms with Crippen molar-refractivity contribution in [3.63, 3.8) is 0 Å². The molecule has 0 bridgehead atoms. The highest BCUT2D eigenvalue weighted by Crippen LogP contribution is 2.19. The highest BCUT2D eigenvalue weighted by atomic mass is 19.1. The zero-order valence-corrected chi connectivity index (χ0v) is 23.3. The van der Waals surface area contributed by atoms with Gasteiger partial charge in [0.1, 0.15) is 23.9 Å². The molecule has 3 aromatic rings.